The second-order valence-electron chi connectivity index (χ2n) is 7.11. The van der Waals surface area contributed by atoms with Crippen LogP contribution >= 0.6 is 22.7 Å². The van der Waals surface area contributed by atoms with Gasteiger partial charge in [0.25, 0.3) is 0 Å². The van der Waals surface area contributed by atoms with Crippen molar-refractivity contribution >= 4 is 59.5 Å². The van der Waals surface area contributed by atoms with E-state index in [-0.39, 0.29) is 0 Å². The summed E-state index contributed by atoms with van der Waals surface area (Å²) in [6, 6.07) is 36.4. The maximum absolute atomic E-state index is 2.38. The monoisotopic (exact) mass is 422 g/mol. The molecule has 0 bridgehead atoms. The van der Waals surface area contributed by atoms with Gasteiger partial charge < -0.3 is 9.47 Å². The molecule has 6 aromatic rings. The number of nitrogens with zero attached hydrogens (tertiary/aromatic N) is 2. The Kier molecular flexibility index (Phi) is 4.18. The summed E-state index contributed by atoms with van der Waals surface area (Å²) in [6.45, 7) is 0. The van der Waals surface area contributed by atoms with Crippen molar-refractivity contribution in [2.45, 2.75) is 0 Å². The van der Waals surface area contributed by atoms with Crippen LogP contribution in [0.25, 0.3) is 26.1 Å². The Morgan fingerprint density at radius 1 is 0.600 bits per heavy atom. The molecule has 0 aliphatic carbocycles. The zero-order valence-electron chi connectivity index (χ0n) is 16.1. The largest absolute Gasteiger partial charge is 0.307 e. The molecule has 3 aromatic carbocycles. The van der Waals surface area contributed by atoms with E-state index in [1.54, 1.807) is 0 Å². The zero-order chi connectivity index (χ0) is 19.9. The lowest BCUT2D eigenvalue weighted by atomic mass is 10.2. The molecule has 2 nitrogen and oxygen atoms in total. The molecule has 0 spiro atoms. The smallest absolute Gasteiger partial charge is 0.103 e. The molecule has 0 fully saturated rings. The van der Waals surface area contributed by atoms with Gasteiger partial charge in [0.2, 0.25) is 0 Å². The van der Waals surface area contributed by atoms with Crippen LogP contribution in [0.1, 0.15) is 0 Å². The first-order valence-corrected chi connectivity index (χ1v) is 11.6. The van der Waals surface area contributed by atoms with E-state index in [0.29, 0.717) is 0 Å². The Morgan fingerprint density at radius 3 is 1.83 bits per heavy atom. The number of hydrogen-bond donors (Lipinski definition) is 0. The van der Waals surface area contributed by atoms with E-state index in [2.05, 4.69) is 118 Å². The van der Waals surface area contributed by atoms with Gasteiger partial charge in [-0.3, -0.25) is 0 Å². The Balaban J connectivity index is 1.62. The van der Waals surface area contributed by atoms with Crippen molar-refractivity contribution in [2.75, 3.05) is 4.90 Å². The predicted octanol–water partition coefficient (Wildman–Crippen LogP) is 8.38. The molecule has 0 amide bonds. The fraction of sp³-hybridized carbons (Fsp3) is 0. The summed E-state index contributed by atoms with van der Waals surface area (Å²) in [5.74, 6) is 0. The number of aromatic nitrogens is 1. The summed E-state index contributed by atoms with van der Waals surface area (Å²) < 4.78 is 5.08. The Hall–Kier alpha value is -3.34. The zero-order valence-corrected chi connectivity index (χ0v) is 17.7. The fourth-order valence-corrected chi connectivity index (χ4v) is 6.23. The SMILES string of the molecule is c1ccc(N(c2ccccc2)c2cc3c(s2)c2sccc2n3-c2ccccc2)cc1. The minimum Gasteiger partial charge on any atom is -0.307 e. The second-order valence-corrected chi connectivity index (χ2v) is 9.06. The van der Waals surface area contributed by atoms with Gasteiger partial charge in [-0.1, -0.05) is 54.6 Å². The van der Waals surface area contributed by atoms with Crippen LogP contribution in [0.3, 0.4) is 0 Å². The number of benzene rings is 3. The normalized spacial score (nSPS) is 11.3. The number of para-hydroxylation sites is 3. The van der Waals surface area contributed by atoms with Gasteiger partial charge in [0.1, 0.15) is 5.00 Å². The highest BCUT2D eigenvalue weighted by molar-refractivity contribution is 7.28. The summed E-state index contributed by atoms with van der Waals surface area (Å²) in [5.41, 5.74) is 6.08. The lowest BCUT2D eigenvalue weighted by molar-refractivity contribution is 1.18. The van der Waals surface area contributed by atoms with Gasteiger partial charge >= 0.3 is 0 Å². The molecule has 0 unspecified atom stereocenters. The van der Waals surface area contributed by atoms with Crippen molar-refractivity contribution in [3.05, 3.63) is 109 Å². The minimum absolute atomic E-state index is 1.17. The average Bonchev–Trinajstić information content (AvgIpc) is 3.49. The van der Waals surface area contributed by atoms with Crippen molar-refractivity contribution in [3.63, 3.8) is 0 Å². The van der Waals surface area contributed by atoms with Gasteiger partial charge in [-0.2, -0.15) is 0 Å². The number of rotatable bonds is 4. The van der Waals surface area contributed by atoms with Gasteiger partial charge in [-0.15, -0.1) is 22.7 Å². The van der Waals surface area contributed by atoms with Crippen LogP contribution in [0.15, 0.2) is 109 Å². The highest BCUT2D eigenvalue weighted by atomic mass is 32.1. The maximum atomic E-state index is 2.38. The molecule has 0 atom stereocenters. The third-order valence-electron chi connectivity index (χ3n) is 5.30. The quantitative estimate of drug-likeness (QED) is 0.277. The molecule has 0 saturated heterocycles. The van der Waals surface area contributed by atoms with Crippen LogP contribution in [0.5, 0.6) is 0 Å². The molecule has 0 aliphatic heterocycles. The van der Waals surface area contributed by atoms with Crippen molar-refractivity contribution in [2.24, 2.45) is 0 Å². The Morgan fingerprint density at radius 2 is 1.20 bits per heavy atom. The fourth-order valence-electron chi connectivity index (χ4n) is 4.00. The summed E-state index contributed by atoms with van der Waals surface area (Å²) in [6.07, 6.45) is 0. The molecular weight excluding hydrogens is 404 g/mol. The standard InChI is InChI=1S/C26H18N2S2/c1-4-10-19(11-5-1)27(20-12-6-2-7-13-20)24-18-23-26(30-24)25-22(16-17-29-25)28(23)21-14-8-3-9-15-21/h1-18H. The molecular formula is C26H18N2S2. The molecule has 4 heteroatoms. The molecule has 30 heavy (non-hydrogen) atoms. The van der Waals surface area contributed by atoms with Crippen LogP contribution in [-0.4, -0.2) is 4.57 Å². The van der Waals surface area contributed by atoms with Gasteiger partial charge in [0.15, 0.2) is 0 Å². The summed E-state index contributed by atoms with van der Waals surface area (Å²) in [5, 5.41) is 3.41. The third kappa shape index (κ3) is 2.76. The summed E-state index contributed by atoms with van der Waals surface area (Å²) in [4.78, 5) is 2.35. The van der Waals surface area contributed by atoms with Crippen LogP contribution in [0.2, 0.25) is 0 Å². The topological polar surface area (TPSA) is 8.17 Å². The van der Waals surface area contributed by atoms with Crippen LogP contribution < -0.4 is 4.90 Å². The first-order chi connectivity index (χ1) is 14.9. The highest BCUT2D eigenvalue weighted by Gasteiger charge is 2.20. The molecule has 6 rings (SSSR count). The van der Waals surface area contributed by atoms with Crippen molar-refractivity contribution in [1.82, 2.24) is 4.57 Å². The van der Waals surface area contributed by atoms with E-state index in [1.807, 2.05) is 22.7 Å². The molecule has 0 radical (unpaired) electrons. The Labute approximate surface area is 182 Å². The van der Waals surface area contributed by atoms with E-state index in [4.69, 9.17) is 0 Å². The first-order valence-electron chi connectivity index (χ1n) is 9.87. The van der Waals surface area contributed by atoms with E-state index >= 15 is 0 Å². The van der Waals surface area contributed by atoms with Crippen LogP contribution in [-0.2, 0) is 0 Å². The third-order valence-corrected chi connectivity index (χ3v) is 7.47. The maximum Gasteiger partial charge on any atom is 0.103 e. The summed E-state index contributed by atoms with van der Waals surface area (Å²) in [7, 11) is 0. The van der Waals surface area contributed by atoms with Gasteiger partial charge in [0, 0.05) is 17.1 Å². The minimum atomic E-state index is 1.17. The number of fused-ring (bicyclic) bond motifs is 3. The first kappa shape index (κ1) is 17.5. The van der Waals surface area contributed by atoms with Crippen molar-refractivity contribution in [1.29, 1.82) is 0 Å². The molecule has 3 heterocycles. The predicted molar refractivity (Wildman–Crippen MR) is 131 cm³/mol. The molecule has 144 valence electrons. The summed E-state index contributed by atoms with van der Waals surface area (Å²) >= 11 is 3.68. The lowest BCUT2D eigenvalue weighted by Crippen LogP contribution is -2.07. The van der Waals surface area contributed by atoms with Crippen molar-refractivity contribution < 1.29 is 0 Å². The average molecular weight is 423 g/mol. The number of anilines is 3. The molecule has 0 N–H and O–H groups in total. The molecule has 0 saturated carbocycles. The van der Waals surface area contributed by atoms with Crippen LogP contribution in [0.4, 0.5) is 16.4 Å². The highest BCUT2D eigenvalue weighted by Crippen LogP contribution is 2.46. The number of thiophene rings is 2. The van der Waals surface area contributed by atoms with E-state index in [0.717, 1.165) is 0 Å². The van der Waals surface area contributed by atoms with E-state index < -0.39 is 0 Å². The van der Waals surface area contributed by atoms with Crippen molar-refractivity contribution in [3.8, 4) is 5.69 Å². The lowest BCUT2D eigenvalue weighted by Gasteiger charge is -2.23. The van der Waals surface area contributed by atoms with Gasteiger partial charge in [-0.25, -0.2) is 0 Å². The van der Waals surface area contributed by atoms with Gasteiger partial charge in [-0.05, 0) is 53.9 Å². The number of hydrogen-bond acceptors (Lipinski definition) is 3. The second kappa shape index (κ2) is 7.17. The van der Waals surface area contributed by atoms with Gasteiger partial charge in [0.05, 0.1) is 20.4 Å². The molecule has 3 aromatic heterocycles. The molecule has 0 aliphatic rings. The Bertz CT molecular complexity index is 1390. The van der Waals surface area contributed by atoms with E-state index in [1.165, 1.54) is 42.5 Å². The van der Waals surface area contributed by atoms with E-state index in [9.17, 15) is 0 Å². The van der Waals surface area contributed by atoms with Crippen LogP contribution in [0, 0.1) is 0 Å².